The highest BCUT2D eigenvalue weighted by atomic mass is 35.5. The van der Waals surface area contributed by atoms with E-state index in [1.807, 2.05) is 0 Å². The van der Waals surface area contributed by atoms with Crippen molar-refractivity contribution in [3.8, 4) is 0 Å². The lowest BCUT2D eigenvalue weighted by atomic mass is 10.0. The van der Waals surface area contributed by atoms with E-state index < -0.39 is 16.8 Å². The lowest BCUT2D eigenvalue weighted by Crippen LogP contribution is -2.07. The Morgan fingerprint density at radius 2 is 2.20 bits per heavy atom. The summed E-state index contributed by atoms with van der Waals surface area (Å²) in [5, 5.41) is 19.1. The number of benzene rings is 1. The second-order valence-corrected chi connectivity index (χ2v) is 3.44. The van der Waals surface area contributed by atoms with Gasteiger partial charge in [-0.2, -0.15) is 0 Å². The van der Waals surface area contributed by atoms with Crippen molar-refractivity contribution in [1.82, 2.24) is 0 Å². The van der Waals surface area contributed by atoms with E-state index in [1.165, 1.54) is 25.1 Å². The Bertz CT molecular complexity index is 419. The molecule has 1 atom stereocenters. The van der Waals surface area contributed by atoms with E-state index in [-0.39, 0.29) is 10.7 Å². The molecule has 0 heterocycles. The van der Waals surface area contributed by atoms with Gasteiger partial charge in [0.25, 0.3) is 5.69 Å². The van der Waals surface area contributed by atoms with Gasteiger partial charge in [-0.1, -0.05) is 17.7 Å². The molecule has 80 valence electrons. The van der Waals surface area contributed by atoms with Crippen molar-refractivity contribution in [2.45, 2.75) is 12.8 Å². The van der Waals surface area contributed by atoms with Crippen LogP contribution in [-0.2, 0) is 4.79 Å². The number of nitrogens with zero attached hydrogens (tertiary/aromatic N) is 1. The Kier molecular flexibility index (Phi) is 3.26. The first-order chi connectivity index (χ1) is 6.93. The summed E-state index contributed by atoms with van der Waals surface area (Å²) in [6, 6.07) is 3.90. The van der Waals surface area contributed by atoms with Crippen LogP contribution < -0.4 is 0 Å². The number of hydrogen-bond acceptors (Lipinski definition) is 3. The first-order valence-corrected chi connectivity index (χ1v) is 4.48. The molecular formula is C9H8ClNO4. The largest absolute Gasteiger partial charge is 0.481 e. The zero-order valence-electron chi connectivity index (χ0n) is 7.81. The van der Waals surface area contributed by atoms with Crippen LogP contribution in [0.15, 0.2) is 18.2 Å². The Balaban J connectivity index is 3.12. The Morgan fingerprint density at radius 1 is 1.60 bits per heavy atom. The minimum atomic E-state index is -1.00. The third kappa shape index (κ3) is 2.44. The smallest absolute Gasteiger partial charge is 0.310 e. The van der Waals surface area contributed by atoms with E-state index in [4.69, 9.17) is 16.7 Å². The summed E-state index contributed by atoms with van der Waals surface area (Å²) in [6.45, 7) is 1.49. The zero-order valence-corrected chi connectivity index (χ0v) is 8.56. The second kappa shape index (κ2) is 4.27. The predicted molar refractivity (Wildman–Crippen MR) is 54.2 cm³/mol. The summed E-state index contributed by atoms with van der Waals surface area (Å²) in [5.41, 5.74) is 0.219. The summed E-state index contributed by atoms with van der Waals surface area (Å²) in [5.74, 6) is -1.73. The number of hydrogen-bond donors (Lipinski definition) is 1. The van der Waals surface area contributed by atoms with Crippen LogP contribution >= 0.6 is 11.6 Å². The van der Waals surface area contributed by atoms with Crippen LogP contribution in [-0.4, -0.2) is 16.0 Å². The van der Waals surface area contributed by atoms with Crippen molar-refractivity contribution in [1.29, 1.82) is 0 Å². The maximum atomic E-state index is 10.7. The molecule has 0 unspecified atom stereocenters. The fraction of sp³-hybridized carbons (Fsp3) is 0.222. The lowest BCUT2D eigenvalue weighted by molar-refractivity contribution is -0.384. The van der Waals surface area contributed by atoms with E-state index >= 15 is 0 Å². The third-order valence-corrected chi connectivity index (χ3v) is 2.34. The molecule has 0 aliphatic carbocycles. The summed E-state index contributed by atoms with van der Waals surface area (Å²) in [6.07, 6.45) is 0. The van der Waals surface area contributed by atoms with E-state index in [0.717, 1.165) is 0 Å². The maximum Gasteiger partial charge on any atom is 0.310 e. The van der Waals surface area contributed by atoms with Crippen molar-refractivity contribution in [2.75, 3.05) is 0 Å². The van der Waals surface area contributed by atoms with Gasteiger partial charge in [-0.05, 0) is 18.6 Å². The van der Waals surface area contributed by atoms with E-state index in [2.05, 4.69) is 0 Å². The molecule has 15 heavy (non-hydrogen) atoms. The number of carboxylic acid groups (broad SMARTS) is 1. The van der Waals surface area contributed by atoms with E-state index in [1.54, 1.807) is 0 Å². The first kappa shape index (κ1) is 11.5. The number of carbonyl (C=O) groups is 1. The van der Waals surface area contributed by atoms with Gasteiger partial charge in [-0.15, -0.1) is 0 Å². The van der Waals surface area contributed by atoms with Gasteiger partial charge in [0.1, 0.15) is 5.02 Å². The third-order valence-electron chi connectivity index (χ3n) is 2.04. The van der Waals surface area contributed by atoms with Crippen LogP contribution in [0.5, 0.6) is 0 Å². The van der Waals surface area contributed by atoms with Crippen LogP contribution in [0.4, 0.5) is 5.69 Å². The van der Waals surface area contributed by atoms with Gasteiger partial charge >= 0.3 is 5.97 Å². The molecule has 1 N–H and O–H groups in total. The summed E-state index contributed by atoms with van der Waals surface area (Å²) < 4.78 is 0. The molecule has 0 fully saturated rings. The van der Waals surface area contributed by atoms with Crippen molar-refractivity contribution in [3.05, 3.63) is 38.9 Å². The van der Waals surface area contributed by atoms with Crippen molar-refractivity contribution < 1.29 is 14.8 Å². The van der Waals surface area contributed by atoms with Gasteiger partial charge in [0.15, 0.2) is 0 Å². The molecular weight excluding hydrogens is 222 g/mol. The number of rotatable bonds is 3. The SMILES string of the molecule is C[C@@H](C(=O)O)c1ccc([N+](=O)[O-])c(Cl)c1. The fourth-order valence-electron chi connectivity index (χ4n) is 1.08. The van der Waals surface area contributed by atoms with Gasteiger partial charge in [-0.25, -0.2) is 0 Å². The van der Waals surface area contributed by atoms with Gasteiger partial charge in [0.2, 0.25) is 0 Å². The van der Waals surface area contributed by atoms with Crippen LogP contribution in [0.25, 0.3) is 0 Å². The Hall–Kier alpha value is -1.62. The molecule has 1 aromatic rings. The molecule has 1 aromatic carbocycles. The normalized spacial score (nSPS) is 12.1. The van der Waals surface area contributed by atoms with Crippen molar-refractivity contribution >= 4 is 23.3 Å². The molecule has 0 aliphatic heterocycles. The average molecular weight is 230 g/mol. The molecule has 1 rings (SSSR count). The highest BCUT2D eigenvalue weighted by Gasteiger charge is 2.18. The molecule has 5 nitrogen and oxygen atoms in total. The predicted octanol–water partition coefficient (Wildman–Crippen LogP) is 2.44. The number of carboxylic acids is 1. The summed E-state index contributed by atoms with van der Waals surface area (Å²) in [7, 11) is 0. The minimum absolute atomic E-state index is 0.0504. The number of halogens is 1. The number of nitro benzene ring substituents is 1. The highest BCUT2D eigenvalue weighted by Crippen LogP contribution is 2.28. The molecule has 0 radical (unpaired) electrons. The van der Waals surface area contributed by atoms with Crippen molar-refractivity contribution in [2.24, 2.45) is 0 Å². The monoisotopic (exact) mass is 229 g/mol. The molecule has 0 bridgehead atoms. The van der Waals surface area contributed by atoms with Gasteiger partial charge in [-0.3, -0.25) is 14.9 Å². The standard InChI is InChI=1S/C9H8ClNO4/c1-5(9(12)13)6-2-3-8(11(14)15)7(10)4-6/h2-5H,1H3,(H,12,13)/t5-/m1/s1. The highest BCUT2D eigenvalue weighted by molar-refractivity contribution is 6.32. The Labute approximate surface area is 90.4 Å². The molecule has 0 aliphatic rings. The molecule has 6 heteroatoms. The van der Waals surface area contributed by atoms with Crippen LogP contribution in [0.1, 0.15) is 18.4 Å². The van der Waals surface area contributed by atoms with Crippen LogP contribution in [0.2, 0.25) is 5.02 Å². The maximum absolute atomic E-state index is 10.7. The first-order valence-electron chi connectivity index (χ1n) is 4.10. The molecule has 0 amide bonds. The Morgan fingerprint density at radius 3 is 2.60 bits per heavy atom. The minimum Gasteiger partial charge on any atom is -0.481 e. The summed E-state index contributed by atoms with van der Waals surface area (Å²) >= 11 is 5.64. The number of aliphatic carboxylic acids is 1. The molecule has 0 saturated heterocycles. The lowest BCUT2D eigenvalue weighted by Gasteiger charge is -2.06. The topological polar surface area (TPSA) is 80.4 Å². The quantitative estimate of drug-likeness (QED) is 0.638. The van der Waals surface area contributed by atoms with Crippen molar-refractivity contribution in [3.63, 3.8) is 0 Å². The van der Waals surface area contributed by atoms with Crippen LogP contribution in [0, 0.1) is 10.1 Å². The molecule has 0 aromatic heterocycles. The average Bonchev–Trinajstić information content (AvgIpc) is 2.15. The molecule has 0 saturated carbocycles. The van der Waals surface area contributed by atoms with E-state index in [9.17, 15) is 14.9 Å². The fourth-order valence-corrected chi connectivity index (χ4v) is 1.34. The second-order valence-electron chi connectivity index (χ2n) is 3.03. The van der Waals surface area contributed by atoms with Crippen LogP contribution in [0.3, 0.4) is 0 Å². The van der Waals surface area contributed by atoms with E-state index in [0.29, 0.717) is 5.56 Å². The zero-order chi connectivity index (χ0) is 11.6. The number of nitro groups is 1. The van der Waals surface area contributed by atoms with Gasteiger partial charge < -0.3 is 5.11 Å². The summed E-state index contributed by atoms with van der Waals surface area (Å²) in [4.78, 5) is 20.5. The molecule has 0 spiro atoms. The van der Waals surface area contributed by atoms with Gasteiger partial charge in [0, 0.05) is 6.07 Å². The van der Waals surface area contributed by atoms with Gasteiger partial charge in [0.05, 0.1) is 10.8 Å².